The van der Waals surface area contributed by atoms with Crippen molar-refractivity contribution in [1.82, 2.24) is 0 Å². The van der Waals surface area contributed by atoms with Gasteiger partial charge in [0.25, 0.3) is 17.5 Å². The largest absolute Gasteiger partial charge is 0.507 e. The molecular weight excluding hydrogens is 510 g/mol. The SMILES string of the molecule is CC(C)Oc1cc(C(=O)O)ccc1NC(=O)c1ccc(NC(=O)c2ccc([N+](=O)[O-])cc2O)c(OC(C)C)c1. The highest BCUT2D eigenvalue weighted by Crippen LogP contribution is 2.32. The van der Waals surface area contributed by atoms with Crippen molar-refractivity contribution in [2.75, 3.05) is 10.6 Å². The van der Waals surface area contributed by atoms with Crippen LogP contribution in [0.5, 0.6) is 17.2 Å². The highest BCUT2D eigenvalue weighted by Gasteiger charge is 2.20. The Bertz CT molecular complexity index is 1430. The number of nitro benzene ring substituents is 1. The summed E-state index contributed by atoms with van der Waals surface area (Å²) in [4.78, 5) is 47.4. The molecule has 0 bridgehead atoms. The van der Waals surface area contributed by atoms with Gasteiger partial charge in [-0.25, -0.2) is 4.79 Å². The van der Waals surface area contributed by atoms with Crippen molar-refractivity contribution in [2.24, 2.45) is 0 Å². The number of phenols is 1. The number of nitro groups is 1. The lowest BCUT2D eigenvalue weighted by molar-refractivity contribution is -0.384. The number of amides is 2. The third-order valence-corrected chi connectivity index (χ3v) is 5.13. The summed E-state index contributed by atoms with van der Waals surface area (Å²) in [5.41, 5.74) is 0.0481. The first-order chi connectivity index (χ1) is 18.3. The lowest BCUT2D eigenvalue weighted by Crippen LogP contribution is -2.17. The molecule has 39 heavy (non-hydrogen) atoms. The smallest absolute Gasteiger partial charge is 0.335 e. The number of rotatable bonds is 10. The number of benzene rings is 3. The molecule has 0 aliphatic carbocycles. The monoisotopic (exact) mass is 537 g/mol. The number of hydrogen-bond donors (Lipinski definition) is 4. The molecule has 3 rings (SSSR count). The second-order valence-electron chi connectivity index (χ2n) is 8.93. The summed E-state index contributed by atoms with van der Waals surface area (Å²) in [6.07, 6.45) is -0.616. The van der Waals surface area contributed by atoms with Crippen molar-refractivity contribution in [1.29, 1.82) is 0 Å². The van der Waals surface area contributed by atoms with Gasteiger partial charge in [-0.05, 0) is 70.2 Å². The quantitative estimate of drug-likeness (QED) is 0.203. The molecule has 0 aliphatic heterocycles. The first-order valence-electron chi connectivity index (χ1n) is 11.8. The van der Waals surface area contributed by atoms with Crippen LogP contribution in [-0.2, 0) is 0 Å². The van der Waals surface area contributed by atoms with E-state index >= 15 is 0 Å². The van der Waals surface area contributed by atoms with Crippen LogP contribution in [0.15, 0.2) is 54.6 Å². The summed E-state index contributed by atoms with van der Waals surface area (Å²) >= 11 is 0. The first-order valence-corrected chi connectivity index (χ1v) is 11.8. The molecule has 2 amide bonds. The van der Waals surface area contributed by atoms with E-state index < -0.39 is 28.5 Å². The molecule has 0 saturated heterocycles. The van der Waals surface area contributed by atoms with Crippen LogP contribution in [0.25, 0.3) is 0 Å². The number of carbonyl (C=O) groups is 3. The van der Waals surface area contributed by atoms with Gasteiger partial charge in [0.05, 0.1) is 45.7 Å². The maximum Gasteiger partial charge on any atom is 0.335 e. The van der Waals surface area contributed by atoms with Crippen LogP contribution >= 0.6 is 0 Å². The van der Waals surface area contributed by atoms with Gasteiger partial charge in [0, 0.05) is 11.6 Å². The number of aromatic carboxylic acids is 1. The Morgan fingerprint density at radius 2 is 1.31 bits per heavy atom. The molecule has 0 aromatic heterocycles. The fourth-order valence-electron chi connectivity index (χ4n) is 3.44. The van der Waals surface area contributed by atoms with Crippen molar-refractivity contribution < 1.29 is 39.0 Å². The topological polar surface area (TPSA) is 177 Å². The second kappa shape index (κ2) is 11.9. The number of hydrogen-bond acceptors (Lipinski definition) is 8. The number of anilines is 2. The Kier molecular flexibility index (Phi) is 8.71. The maximum absolute atomic E-state index is 13.1. The third-order valence-electron chi connectivity index (χ3n) is 5.13. The lowest BCUT2D eigenvalue weighted by Gasteiger charge is -2.18. The van der Waals surface area contributed by atoms with Gasteiger partial charge in [-0.15, -0.1) is 0 Å². The molecular formula is C27H27N3O9. The summed E-state index contributed by atoms with van der Waals surface area (Å²) in [7, 11) is 0. The van der Waals surface area contributed by atoms with Crippen LogP contribution in [0.3, 0.4) is 0 Å². The molecule has 0 saturated carbocycles. The summed E-state index contributed by atoms with van der Waals surface area (Å²) in [5.74, 6) is -2.67. The Hall–Kier alpha value is -5.13. The number of carboxylic acid groups (broad SMARTS) is 1. The summed E-state index contributed by atoms with van der Waals surface area (Å²) < 4.78 is 11.5. The van der Waals surface area contributed by atoms with Crippen LogP contribution in [-0.4, -0.2) is 45.1 Å². The number of phenolic OH excluding ortho intramolecular Hbond substituents is 1. The van der Waals surface area contributed by atoms with Crippen molar-refractivity contribution in [3.8, 4) is 17.2 Å². The molecule has 0 fully saturated rings. The van der Waals surface area contributed by atoms with Crippen LogP contribution in [0, 0.1) is 10.1 Å². The summed E-state index contributed by atoms with van der Waals surface area (Å²) in [6, 6.07) is 11.4. The number of aromatic hydroxyl groups is 1. The number of carbonyl (C=O) groups excluding carboxylic acids is 2. The van der Waals surface area contributed by atoms with Crippen LogP contribution in [0.2, 0.25) is 0 Å². The van der Waals surface area contributed by atoms with Crippen LogP contribution < -0.4 is 20.1 Å². The predicted molar refractivity (Wildman–Crippen MR) is 142 cm³/mol. The van der Waals surface area contributed by atoms with Gasteiger partial charge in [-0.1, -0.05) is 0 Å². The van der Waals surface area contributed by atoms with Crippen molar-refractivity contribution in [3.05, 3.63) is 81.4 Å². The Morgan fingerprint density at radius 1 is 0.795 bits per heavy atom. The molecule has 0 heterocycles. The van der Waals surface area contributed by atoms with Crippen molar-refractivity contribution >= 4 is 34.8 Å². The standard InChI is InChI=1S/C27H27N3O9/c1-14(2)38-23-11-16(25(32)28-20-10-6-17(27(34)35)12-24(20)39-15(3)4)5-9-21(23)29-26(33)19-8-7-18(30(36)37)13-22(19)31/h5-15,31H,1-4H3,(H,28,32)(H,29,33)(H,34,35). The minimum absolute atomic E-state index is 0.00424. The van der Waals surface area contributed by atoms with E-state index in [0.717, 1.165) is 18.2 Å². The minimum atomic E-state index is -1.14. The summed E-state index contributed by atoms with van der Waals surface area (Å²) in [5, 5.41) is 35.6. The van der Waals surface area contributed by atoms with Gasteiger partial charge in [-0.2, -0.15) is 0 Å². The Balaban J connectivity index is 1.88. The minimum Gasteiger partial charge on any atom is -0.507 e. The van der Waals surface area contributed by atoms with Gasteiger partial charge >= 0.3 is 5.97 Å². The highest BCUT2D eigenvalue weighted by atomic mass is 16.6. The van der Waals surface area contributed by atoms with Gasteiger partial charge < -0.3 is 30.3 Å². The molecule has 0 unspecified atom stereocenters. The predicted octanol–water partition coefficient (Wildman–Crippen LogP) is 5.08. The molecule has 12 nitrogen and oxygen atoms in total. The number of nitrogens with zero attached hydrogens (tertiary/aromatic N) is 1. The number of non-ortho nitro benzene ring substituents is 1. The fraction of sp³-hybridized carbons (Fsp3) is 0.222. The fourth-order valence-corrected chi connectivity index (χ4v) is 3.44. The molecule has 3 aromatic carbocycles. The Morgan fingerprint density at radius 3 is 1.79 bits per heavy atom. The molecule has 204 valence electrons. The zero-order chi connectivity index (χ0) is 28.9. The highest BCUT2D eigenvalue weighted by molar-refractivity contribution is 6.09. The second-order valence-corrected chi connectivity index (χ2v) is 8.93. The molecule has 0 aliphatic rings. The van der Waals surface area contributed by atoms with Gasteiger partial charge in [0.15, 0.2) is 0 Å². The molecule has 0 atom stereocenters. The first kappa shape index (κ1) is 28.4. The maximum atomic E-state index is 13.1. The molecule has 0 radical (unpaired) electrons. The molecule has 12 heteroatoms. The average Bonchev–Trinajstić information content (AvgIpc) is 2.85. The van der Waals surface area contributed by atoms with E-state index in [0.29, 0.717) is 0 Å². The van der Waals surface area contributed by atoms with E-state index in [4.69, 9.17) is 9.47 Å². The van der Waals surface area contributed by atoms with E-state index in [2.05, 4.69) is 10.6 Å². The molecule has 4 N–H and O–H groups in total. The van der Waals surface area contributed by atoms with E-state index in [1.807, 2.05) is 0 Å². The normalized spacial score (nSPS) is 10.7. The van der Waals surface area contributed by atoms with Gasteiger partial charge in [0.2, 0.25) is 0 Å². The molecule has 0 spiro atoms. The number of ether oxygens (including phenoxy) is 2. The summed E-state index contributed by atoms with van der Waals surface area (Å²) in [6.45, 7) is 7.02. The van der Waals surface area contributed by atoms with E-state index in [1.54, 1.807) is 27.7 Å². The lowest BCUT2D eigenvalue weighted by atomic mass is 10.1. The van der Waals surface area contributed by atoms with Crippen LogP contribution in [0.1, 0.15) is 58.8 Å². The zero-order valence-electron chi connectivity index (χ0n) is 21.6. The van der Waals surface area contributed by atoms with Gasteiger partial charge in [0.1, 0.15) is 17.2 Å². The van der Waals surface area contributed by atoms with Crippen molar-refractivity contribution in [2.45, 2.75) is 39.9 Å². The van der Waals surface area contributed by atoms with E-state index in [-0.39, 0.29) is 57.5 Å². The van der Waals surface area contributed by atoms with Crippen molar-refractivity contribution in [3.63, 3.8) is 0 Å². The number of carboxylic acids is 1. The van der Waals surface area contributed by atoms with Gasteiger partial charge in [-0.3, -0.25) is 19.7 Å². The third kappa shape index (κ3) is 7.22. The number of nitrogens with one attached hydrogen (secondary N) is 2. The van der Waals surface area contributed by atoms with Crippen LogP contribution in [0.4, 0.5) is 17.1 Å². The zero-order valence-corrected chi connectivity index (χ0v) is 21.6. The Labute approximate surface area is 223 Å². The average molecular weight is 538 g/mol. The molecule has 3 aromatic rings. The van der Waals surface area contributed by atoms with E-state index in [1.165, 1.54) is 36.4 Å². The van der Waals surface area contributed by atoms with E-state index in [9.17, 15) is 34.7 Å².